The predicted octanol–water partition coefficient (Wildman–Crippen LogP) is 5.56. The first kappa shape index (κ1) is 19.1. The van der Waals surface area contributed by atoms with Crippen LogP contribution in [0.2, 0.25) is 0 Å². The zero-order valence-corrected chi connectivity index (χ0v) is 17.7. The lowest BCUT2D eigenvalue weighted by Gasteiger charge is -2.14. The highest BCUT2D eigenvalue weighted by Gasteiger charge is 2.32. The van der Waals surface area contributed by atoms with Crippen molar-refractivity contribution in [2.75, 3.05) is 6.61 Å². The SMILES string of the molecule is CCOc1ccc(Br)cc1/C=C1\SC(=S)N(Cc2ccc(C)cc2)C1=O. The molecule has 2 aromatic rings. The quantitative estimate of drug-likeness (QED) is 0.443. The normalized spacial score (nSPS) is 15.8. The highest BCUT2D eigenvalue weighted by molar-refractivity contribution is 9.10. The third-order valence-corrected chi connectivity index (χ3v) is 5.76. The molecule has 1 aliphatic heterocycles. The van der Waals surface area contributed by atoms with Gasteiger partial charge in [-0.05, 0) is 43.7 Å². The number of thioether (sulfide) groups is 1. The molecule has 1 amide bonds. The van der Waals surface area contributed by atoms with Gasteiger partial charge in [-0.1, -0.05) is 69.7 Å². The van der Waals surface area contributed by atoms with Gasteiger partial charge in [-0.15, -0.1) is 0 Å². The molecular formula is C20H18BrNO2S2. The van der Waals surface area contributed by atoms with Crippen molar-refractivity contribution in [3.63, 3.8) is 0 Å². The molecule has 134 valence electrons. The minimum Gasteiger partial charge on any atom is -0.493 e. The fraction of sp³-hybridized carbons (Fsp3) is 0.200. The van der Waals surface area contributed by atoms with Gasteiger partial charge in [-0.25, -0.2) is 0 Å². The van der Waals surface area contributed by atoms with E-state index >= 15 is 0 Å². The van der Waals surface area contributed by atoms with Crippen molar-refractivity contribution in [1.82, 2.24) is 4.90 Å². The molecule has 26 heavy (non-hydrogen) atoms. The van der Waals surface area contributed by atoms with E-state index in [1.807, 2.05) is 62.4 Å². The van der Waals surface area contributed by atoms with Gasteiger partial charge in [0.2, 0.25) is 0 Å². The van der Waals surface area contributed by atoms with Gasteiger partial charge in [0.25, 0.3) is 5.91 Å². The summed E-state index contributed by atoms with van der Waals surface area (Å²) in [6, 6.07) is 13.9. The first-order valence-corrected chi connectivity index (χ1v) is 10.2. The summed E-state index contributed by atoms with van der Waals surface area (Å²) in [4.78, 5) is 15.1. The van der Waals surface area contributed by atoms with Crippen LogP contribution >= 0.6 is 39.9 Å². The number of hydrogen-bond acceptors (Lipinski definition) is 4. The van der Waals surface area contributed by atoms with Crippen LogP contribution in [0, 0.1) is 6.92 Å². The second-order valence-electron chi connectivity index (χ2n) is 5.87. The monoisotopic (exact) mass is 447 g/mol. The first-order valence-electron chi connectivity index (χ1n) is 8.21. The molecule has 6 heteroatoms. The molecule has 1 heterocycles. The molecular weight excluding hydrogens is 430 g/mol. The zero-order valence-electron chi connectivity index (χ0n) is 14.5. The van der Waals surface area contributed by atoms with Gasteiger partial charge in [0.05, 0.1) is 18.1 Å². The summed E-state index contributed by atoms with van der Waals surface area (Å²) in [5, 5.41) is 0. The molecule has 0 radical (unpaired) electrons. The van der Waals surface area contributed by atoms with Crippen LogP contribution in [0.1, 0.15) is 23.6 Å². The van der Waals surface area contributed by atoms with E-state index in [1.165, 1.54) is 17.3 Å². The first-order chi connectivity index (χ1) is 12.5. The predicted molar refractivity (Wildman–Crippen MR) is 115 cm³/mol. The molecule has 0 N–H and O–H groups in total. The summed E-state index contributed by atoms with van der Waals surface area (Å²) < 4.78 is 7.18. The number of benzene rings is 2. The van der Waals surface area contributed by atoms with Crippen molar-refractivity contribution in [3.8, 4) is 5.75 Å². The van der Waals surface area contributed by atoms with Gasteiger partial charge >= 0.3 is 0 Å². The molecule has 0 aromatic heterocycles. The molecule has 1 aliphatic rings. The lowest BCUT2D eigenvalue weighted by Crippen LogP contribution is -2.27. The molecule has 2 aromatic carbocycles. The average molecular weight is 448 g/mol. The maximum atomic E-state index is 12.8. The van der Waals surface area contributed by atoms with Crippen LogP contribution in [-0.4, -0.2) is 21.7 Å². The van der Waals surface area contributed by atoms with Gasteiger partial charge in [0, 0.05) is 10.0 Å². The van der Waals surface area contributed by atoms with Gasteiger partial charge < -0.3 is 4.74 Å². The van der Waals surface area contributed by atoms with Crippen LogP contribution < -0.4 is 4.74 Å². The molecule has 0 spiro atoms. The molecule has 3 nitrogen and oxygen atoms in total. The van der Waals surface area contributed by atoms with Crippen LogP contribution in [0.25, 0.3) is 6.08 Å². The van der Waals surface area contributed by atoms with Crippen LogP contribution in [0.15, 0.2) is 51.8 Å². The Kier molecular flexibility index (Phi) is 6.16. The van der Waals surface area contributed by atoms with E-state index in [9.17, 15) is 4.79 Å². The number of carbonyl (C=O) groups excluding carboxylic acids is 1. The minimum atomic E-state index is -0.0667. The van der Waals surface area contributed by atoms with Gasteiger partial charge in [-0.2, -0.15) is 0 Å². The van der Waals surface area contributed by atoms with Crippen molar-refractivity contribution in [3.05, 3.63) is 68.5 Å². The highest BCUT2D eigenvalue weighted by atomic mass is 79.9. The van der Waals surface area contributed by atoms with E-state index in [-0.39, 0.29) is 5.91 Å². The maximum absolute atomic E-state index is 12.8. The molecule has 0 aliphatic carbocycles. The van der Waals surface area contributed by atoms with E-state index in [0.29, 0.717) is 22.4 Å². The number of ether oxygens (including phenoxy) is 1. The number of amides is 1. The Hall–Kier alpha value is -1.63. The van der Waals surface area contributed by atoms with E-state index in [2.05, 4.69) is 15.9 Å². The molecule has 0 unspecified atom stereocenters. The van der Waals surface area contributed by atoms with E-state index in [0.717, 1.165) is 21.3 Å². The lowest BCUT2D eigenvalue weighted by atomic mass is 10.1. The Balaban J connectivity index is 1.85. The summed E-state index contributed by atoms with van der Waals surface area (Å²) >= 11 is 10.2. The molecule has 1 saturated heterocycles. The average Bonchev–Trinajstić information content (AvgIpc) is 2.87. The summed E-state index contributed by atoms with van der Waals surface area (Å²) in [5.74, 6) is 0.683. The Morgan fingerprint density at radius 3 is 2.65 bits per heavy atom. The van der Waals surface area contributed by atoms with E-state index in [4.69, 9.17) is 17.0 Å². The molecule has 3 rings (SSSR count). The van der Waals surface area contributed by atoms with Crippen molar-refractivity contribution < 1.29 is 9.53 Å². The number of hydrogen-bond donors (Lipinski definition) is 0. The molecule has 1 fully saturated rings. The third kappa shape index (κ3) is 4.37. The van der Waals surface area contributed by atoms with E-state index in [1.54, 1.807) is 4.90 Å². The lowest BCUT2D eigenvalue weighted by molar-refractivity contribution is -0.122. The number of nitrogens with zero attached hydrogens (tertiary/aromatic N) is 1. The van der Waals surface area contributed by atoms with Gasteiger partial charge in [0.1, 0.15) is 10.1 Å². The van der Waals surface area contributed by atoms with Crippen LogP contribution in [-0.2, 0) is 11.3 Å². The third-order valence-electron chi connectivity index (χ3n) is 3.89. The van der Waals surface area contributed by atoms with Crippen molar-refractivity contribution in [2.24, 2.45) is 0 Å². The second kappa shape index (κ2) is 8.37. The number of aryl methyl sites for hydroxylation is 1. The van der Waals surface area contributed by atoms with Crippen molar-refractivity contribution >= 4 is 56.2 Å². The minimum absolute atomic E-state index is 0.0667. The Morgan fingerprint density at radius 1 is 1.23 bits per heavy atom. The number of carbonyl (C=O) groups is 1. The number of halogens is 1. The molecule has 0 saturated carbocycles. The van der Waals surface area contributed by atoms with Crippen LogP contribution in [0.3, 0.4) is 0 Å². The van der Waals surface area contributed by atoms with Gasteiger partial charge in [0.15, 0.2) is 0 Å². The van der Waals surface area contributed by atoms with Crippen LogP contribution in [0.5, 0.6) is 5.75 Å². The maximum Gasteiger partial charge on any atom is 0.266 e. The van der Waals surface area contributed by atoms with Crippen molar-refractivity contribution in [1.29, 1.82) is 0 Å². The smallest absolute Gasteiger partial charge is 0.266 e. The fourth-order valence-corrected chi connectivity index (χ4v) is 4.20. The summed E-state index contributed by atoms with van der Waals surface area (Å²) in [6.07, 6.45) is 1.85. The Labute approximate surface area is 171 Å². The number of rotatable bonds is 5. The second-order valence-corrected chi connectivity index (χ2v) is 8.46. The molecule has 0 atom stereocenters. The highest BCUT2D eigenvalue weighted by Crippen LogP contribution is 2.35. The van der Waals surface area contributed by atoms with E-state index < -0.39 is 0 Å². The fourth-order valence-electron chi connectivity index (χ4n) is 2.57. The Morgan fingerprint density at radius 2 is 1.96 bits per heavy atom. The largest absolute Gasteiger partial charge is 0.493 e. The number of thiocarbonyl (C=S) groups is 1. The topological polar surface area (TPSA) is 29.5 Å². The Bertz CT molecular complexity index is 878. The standard InChI is InChI=1S/C20H18BrNO2S2/c1-3-24-17-9-8-16(21)10-15(17)11-18-19(23)22(20(25)26-18)12-14-6-4-13(2)5-7-14/h4-11H,3,12H2,1-2H3/b18-11-. The van der Waals surface area contributed by atoms with Crippen molar-refractivity contribution in [2.45, 2.75) is 20.4 Å². The summed E-state index contributed by atoms with van der Waals surface area (Å²) in [5.41, 5.74) is 3.11. The zero-order chi connectivity index (χ0) is 18.7. The van der Waals surface area contributed by atoms with Crippen LogP contribution in [0.4, 0.5) is 0 Å². The van der Waals surface area contributed by atoms with Gasteiger partial charge in [-0.3, -0.25) is 9.69 Å². The summed E-state index contributed by atoms with van der Waals surface area (Å²) in [7, 11) is 0. The summed E-state index contributed by atoms with van der Waals surface area (Å²) in [6.45, 7) is 5.03. The molecule has 0 bridgehead atoms.